The SMILES string of the molecule is CCCCN(C(=O)[C@H]1CC(=O)N(c2ccc(C)c(Cl)c2)C1)c1ccccc1. The Bertz CT molecular complexity index is 822. The molecule has 0 saturated carbocycles. The molecule has 0 aliphatic carbocycles. The molecule has 0 unspecified atom stereocenters. The maximum absolute atomic E-state index is 13.2. The molecule has 3 rings (SSSR count). The topological polar surface area (TPSA) is 40.6 Å². The van der Waals surface area contributed by atoms with Crippen molar-refractivity contribution in [1.29, 1.82) is 0 Å². The minimum Gasteiger partial charge on any atom is -0.312 e. The smallest absolute Gasteiger partial charge is 0.232 e. The van der Waals surface area contributed by atoms with Crippen LogP contribution in [0.5, 0.6) is 0 Å². The third-order valence-corrected chi connectivity index (χ3v) is 5.42. The Hall–Kier alpha value is -2.33. The van der Waals surface area contributed by atoms with Gasteiger partial charge in [0.1, 0.15) is 0 Å². The number of rotatable bonds is 6. The van der Waals surface area contributed by atoms with Crippen LogP contribution in [0.1, 0.15) is 31.7 Å². The zero-order valence-corrected chi connectivity index (χ0v) is 16.6. The molecule has 5 heteroatoms. The quantitative estimate of drug-likeness (QED) is 0.715. The number of aryl methyl sites for hydroxylation is 1. The number of unbranched alkanes of at least 4 members (excludes halogenated alkanes) is 1. The van der Waals surface area contributed by atoms with Crippen molar-refractivity contribution < 1.29 is 9.59 Å². The molecule has 1 aliphatic heterocycles. The third kappa shape index (κ3) is 4.33. The molecule has 2 aromatic carbocycles. The van der Waals surface area contributed by atoms with Crippen LogP contribution in [0.4, 0.5) is 11.4 Å². The average Bonchev–Trinajstić information content (AvgIpc) is 3.07. The zero-order chi connectivity index (χ0) is 19.4. The van der Waals surface area contributed by atoms with Gasteiger partial charge in [-0.3, -0.25) is 9.59 Å². The van der Waals surface area contributed by atoms with Crippen LogP contribution in [0, 0.1) is 12.8 Å². The number of amides is 2. The zero-order valence-electron chi connectivity index (χ0n) is 15.8. The van der Waals surface area contributed by atoms with E-state index in [-0.39, 0.29) is 24.2 Å². The van der Waals surface area contributed by atoms with Crippen LogP contribution in [-0.4, -0.2) is 24.9 Å². The normalized spacial score (nSPS) is 16.6. The highest BCUT2D eigenvalue weighted by atomic mass is 35.5. The summed E-state index contributed by atoms with van der Waals surface area (Å²) in [6.07, 6.45) is 2.17. The maximum atomic E-state index is 13.2. The van der Waals surface area contributed by atoms with Gasteiger partial charge in [-0.15, -0.1) is 0 Å². The molecule has 1 aliphatic rings. The van der Waals surface area contributed by atoms with Crippen LogP contribution in [0.3, 0.4) is 0 Å². The highest BCUT2D eigenvalue weighted by Crippen LogP contribution is 2.30. The Morgan fingerprint density at radius 2 is 1.96 bits per heavy atom. The van der Waals surface area contributed by atoms with E-state index >= 15 is 0 Å². The van der Waals surface area contributed by atoms with Crippen molar-refractivity contribution in [1.82, 2.24) is 0 Å². The van der Waals surface area contributed by atoms with Crippen molar-refractivity contribution in [2.45, 2.75) is 33.1 Å². The second kappa shape index (κ2) is 8.57. The standard InChI is InChI=1S/C22H25ClN2O2/c1-3-4-12-24(18-8-6-5-7-9-18)22(27)17-13-21(26)25(15-17)19-11-10-16(2)20(23)14-19/h5-11,14,17H,3-4,12-13,15H2,1-2H3/t17-/m0/s1. The summed E-state index contributed by atoms with van der Waals surface area (Å²) in [4.78, 5) is 29.3. The lowest BCUT2D eigenvalue weighted by atomic mass is 10.1. The van der Waals surface area contributed by atoms with Gasteiger partial charge < -0.3 is 9.80 Å². The van der Waals surface area contributed by atoms with E-state index in [4.69, 9.17) is 11.6 Å². The van der Waals surface area contributed by atoms with Gasteiger partial charge in [-0.25, -0.2) is 0 Å². The minimum atomic E-state index is -0.338. The molecule has 2 aromatic rings. The number of nitrogens with zero attached hydrogens (tertiary/aromatic N) is 2. The van der Waals surface area contributed by atoms with Gasteiger partial charge in [-0.2, -0.15) is 0 Å². The number of carbonyl (C=O) groups is 2. The van der Waals surface area contributed by atoms with E-state index in [9.17, 15) is 9.59 Å². The Morgan fingerprint density at radius 1 is 1.22 bits per heavy atom. The summed E-state index contributed by atoms with van der Waals surface area (Å²) in [5, 5.41) is 0.629. The van der Waals surface area contributed by atoms with Gasteiger partial charge in [0, 0.05) is 35.9 Å². The number of carbonyl (C=O) groups excluding carboxylic acids is 2. The van der Waals surface area contributed by atoms with Crippen molar-refractivity contribution in [3.63, 3.8) is 0 Å². The molecule has 142 valence electrons. The maximum Gasteiger partial charge on any atom is 0.232 e. The summed E-state index contributed by atoms with van der Waals surface area (Å²) in [6.45, 7) is 5.10. The Balaban J connectivity index is 1.79. The van der Waals surface area contributed by atoms with Crippen LogP contribution < -0.4 is 9.80 Å². The van der Waals surface area contributed by atoms with Crippen molar-refractivity contribution in [2.24, 2.45) is 5.92 Å². The highest BCUT2D eigenvalue weighted by Gasteiger charge is 2.37. The second-order valence-electron chi connectivity index (χ2n) is 7.02. The molecule has 0 aromatic heterocycles. The van der Waals surface area contributed by atoms with E-state index in [1.165, 1.54) is 0 Å². The van der Waals surface area contributed by atoms with E-state index < -0.39 is 0 Å². The van der Waals surface area contributed by atoms with Crippen LogP contribution in [-0.2, 0) is 9.59 Å². The number of halogens is 1. The molecule has 1 atom stereocenters. The highest BCUT2D eigenvalue weighted by molar-refractivity contribution is 6.31. The van der Waals surface area contributed by atoms with Gasteiger partial charge >= 0.3 is 0 Å². The van der Waals surface area contributed by atoms with Crippen LogP contribution >= 0.6 is 11.6 Å². The first kappa shape index (κ1) is 19.4. The summed E-state index contributed by atoms with van der Waals surface area (Å²) >= 11 is 6.21. The first-order valence-electron chi connectivity index (χ1n) is 9.44. The third-order valence-electron chi connectivity index (χ3n) is 5.01. The molecule has 1 heterocycles. The first-order chi connectivity index (χ1) is 13.0. The van der Waals surface area contributed by atoms with Gasteiger partial charge in [0.15, 0.2) is 0 Å². The average molecular weight is 385 g/mol. The number of anilines is 2. The molecular formula is C22H25ClN2O2. The largest absolute Gasteiger partial charge is 0.312 e. The van der Waals surface area contributed by atoms with Gasteiger partial charge in [-0.1, -0.05) is 49.2 Å². The fraction of sp³-hybridized carbons (Fsp3) is 0.364. The van der Waals surface area contributed by atoms with Crippen LogP contribution in [0.25, 0.3) is 0 Å². The van der Waals surface area contributed by atoms with Crippen LogP contribution in [0.2, 0.25) is 5.02 Å². The molecule has 0 radical (unpaired) electrons. The monoisotopic (exact) mass is 384 g/mol. The molecular weight excluding hydrogens is 360 g/mol. The molecule has 0 spiro atoms. The lowest BCUT2D eigenvalue weighted by molar-refractivity contribution is -0.124. The molecule has 2 amide bonds. The predicted molar refractivity (Wildman–Crippen MR) is 110 cm³/mol. The minimum absolute atomic E-state index is 0.0173. The molecule has 0 N–H and O–H groups in total. The van der Waals surface area contributed by atoms with Gasteiger partial charge in [-0.05, 0) is 43.2 Å². The summed E-state index contributed by atoms with van der Waals surface area (Å²) in [5.41, 5.74) is 2.61. The predicted octanol–water partition coefficient (Wildman–Crippen LogP) is 4.83. The van der Waals surface area contributed by atoms with Crippen molar-refractivity contribution in [2.75, 3.05) is 22.9 Å². The number of para-hydroxylation sites is 1. The van der Waals surface area contributed by atoms with E-state index in [0.717, 1.165) is 29.8 Å². The van der Waals surface area contributed by atoms with E-state index in [1.807, 2.05) is 54.3 Å². The molecule has 0 bridgehead atoms. The molecule has 1 saturated heterocycles. The van der Waals surface area contributed by atoms with Gasteiger partial charge in [0.2, 0.25) is 11.8 Å². The number of benzene rings is 2. The lowest BCUT2D eigenvalue weighted by Gasteiger charge is -2.26. The van der Waals surface area contributed by atoms with E-state index in [0.29, 0.717) is 18.1 Å². The Kier molecular flexibility index (Phi) is 6.17. The summed E-state index contributed by atoms with van der Waals surface area (Å²) < 4.78 is 0. The molecule has 4 nitrogen and oxygen atoms in total. The Labute approximate surface area is 165 Å². The van der Waals surface area contributed by atoms with Crippen molar-refractivity contribution >= 4 is 34.8 Å². The summed E-state index contributed by atoms with van der Waals surface area (Å²) in [6, 6.07) is 15.3. The van der Waals surface area contributed by atoms with Gasteiger partial charge in [0.05, 0.1) is 5.92 Å². The number of hydrogen-bond acceptors (Lipinski definition) is 2. The molecule has 27 heavy (non-hydrogen) atoms. The molecule has 1 fully saturated rings. The van der Waals surface area contributed by atoms with Gasteiger partial charge in [0.25, 0.3) is 0 Å². The van der Waals surface area contributed by atoms with E-state index in [2.05, 4.69) is 6.92 Å². The van der Waals surface area contributed by atoms with Crippen LogP contribution in [0.15, 0.2) is 48.5 Å². The second-order valence-corrected chi connectivity index (χ2v) is 7.43. The Morgan fingerprint density at radius 3 is 2.63 bits per heavy atom. The first-order valence-corrected chi connectivity index (χ1v) is 9.82. The summed E-state index contributed by atoms with van der Waals surface area (Å²) in [5.74, 6) is -0.352. The summed E-state index contributed by atoms with van der Waals surface area (Å²) in [7, 11) is 0. The van der Waals surface area contributed by atoms with Crippen molar-refractivity contribution in [3.8, 4) is 0 Å². The lowest BCUT2D eigenvalue weighted by Crippen LogP contribution is -2.38. The van der Waals surface area contributed by atoms with Crippen molar-refractivity contribution in [3.05, 3.63) is 59.1 Å². The van der Waals surface area contributed by atoms with E-state index in [1.54, 1.807) is 11.0 Å². The number of hydrogen-bond donors (Lipinski definition) is 0. The fourth-order valence-electron chi connectivity index (χ4n) is 3.38. The fourth-order valence-corrected chi connectivity index (χ4v) is 3.56.